The van der Waals surface area contributed by atoms with Crippen LogP contribution in [-0.2, 0) is 16.4 Å². The van der Waals surface area contributed by atoms with E-state index in [9.17, 15) is 17.6 Å². The molecule has 0 aliphatic heterocycles. The lowest BCUT2D eigenvalue weighted by Gasteiger charge is -2.19. The quantitative estimate of drug-likeness (QED) is 0.663. The molecule has 2 heterocycles. The molecule has 0 fully saturated rings. The number of nitrogens with zero attached hydrogens (tertiary/aromatic N) is 2. The van der Waals surface area contributed by atoms with Crippen LogP contribution in [0.5, 0.6) is 0 Å². The fourth-order valence-corrected chi connectivity index (χ4v) is 3.41. The molecule has 0 spiro atoms. The molecule has 0 bridgehead atoms. The number of furan rings is 1. The molecular weight excluding hydrogens is 397 g/mol. The average Bonchev–Trinajstić information content (AvgIpc) is 2.98. The van der Waals surface area contributed by atoms with Gasteiger partial charge >= 0.3 is 0 Å². The summed E-state index contributed by atoms with van der Waals surface area (Å²) in [6, 6.07) is 7.35. The lowest BCUT2D eigenvalue weighted by atomic mass is 10.0. The number of aromatic nitrogens is 1. The molecule has 0 aliphatic rings. The Balaban J connectivity index is 2.24. The normalized spacial score (nSPS) is 11.6. The van der Waals surface area contributed by atoms with Crippen LogP contribution < -0.4 is 10.0 Å². The average molecular weight is 417 g/mol. The highest BCUT2D eigenvalue weighted by atomic mass is 32.2. The molecule has 1 aromatic carbocycles. The maximum atomic E-state index is 13.2. The summed E-state index contributed by atoms with van der Waals surface area (Å²) in [5, 5.41) is 0.360. The van der Waals surface area contributed by atoms with Crippen LogP contribution in [0.2, 0.25) is 0 Å². The van der Waals surface area contributed by atoms with E-state index in [1.165, 1.54) is 19.2 Å². The third-order valence-electron chi connectivity index (χ3n) is 4.52. The number of fused-ring (bicyclic) bond motifs is 1. The van der Waals surface area contributed by atoms with Crippen molar-refractivity contribution in [3.05, 3.63) is 65.2 Å². The number of rotatable bonds is 6. The van der Waals surface area contributed by atoms with E-state index in [4.69, 9.17) is 10.2 Å². The Morgan fingerprint density at radius 2 is 1.93 bits per heavy atom. The number of hydrogen-bond acceptors (Lipinski definition) is 5. The van der Waals surface area contributed by atoms with Crippen LogP contribution in [0, 0.1) is 5.82 Å². The van der Waals surface area contributed by atoms with Gasteiger partial charge in [-0.15, -0.1) is 0 Å². The number of halogens is 1. The molecule has 1 amide bonds. The predicted octanol–water partition coefficient (Wildman–Crippen LogP) is 3.09. The van der Waals surface area contributed by atoms with E-state index in [-0.39, 0.29) is 35.1 Å². The van der Waals surface area contributed by atoms with Gasteiger partial charge in [0, 0.05) is 19.0 Å². The SMILES string of the molecule is C=C(C)c1cc2c(C(N)=O)c(Cc3ccc(F)cc3)oc2nc1N(C)S(C)(=O)=O. The molecule has 0 aliphatic carbocycles. The second-order valence-corrected chi connectivity index (χ2v) is 8.80. The van der Waals surface area contributed by atoms with E-state index in [0.29, 0.717) is 22.1 Å². The lowest BCUT2D eigenvalue weighted by Crippen LogP contribution is -2.26. The molecule has 0 radical (unpaired) electrons. The van der Waals surface area contributed by atoms with Crippen LogP contribution in [0.25, 0.3) is 16.7 Å². The van der Waals surface area contributed by atoms with Gasteiger partial charge in [-0.3, -0.25) is 9.10 Å². The zero-order chi connectivity index (χ0) is 21.5. The zero-order valence-electron chi connectivity index (χ0n) is 16.2. The third-order valence-corrected chi connectivity index (χ3v) is 5.68. The molecule has 2 aromatic heterocycles. The second-order valence-electron chi connectivity index (χ2n) is 6.79. The van der Waals surface area contributed by atoms with E-state index in [0.717, 1.165) is 10.6 Å². The van der Waals surface area contributed by atoms with Gasteiger partial charge < -0.3 is 10.2 Å². The second kappa shape index (κ2) is 7.32. The Hall–Kier alpha value is -3.20. The Bertz CT molecular complexity index is 1230. The highest BCUT2D eigenvalue weighted by molar-refractivity contribution is 7.92. The molecule has 152 valence electrons. The van der Waals surface area contributed by atoms with Gasteiger partial charge in [0.25, 0.3) is 5.91 Å². The molecule has 0 saturated carbocycles. The minimum absolute atomic E-state index is 0.0754. The lowest BCUT2D eigenvalue weighted by molar-refractivity contribution is 0.1000. The van der Waals surface area contributed by atoms with E-state index in [1.807, 2.05) is 0 Å². The fraction of sp³-hybridized carbons (Fsp3) is 0.200. The Morgan fingerprint density at radius 1 is 1.31 bits per heavy atom. The minimum Gasteiger partial charge on any atom is -0.441 e. The molecule has 29 heavy (non-hydrogen) atoms. The number of allylic oxidation sites excluding steroid dienone is 1. The van der Waals surface area contributed by atoms with E-state index >= 15 is 0 Å². The minimum atomic E-state index is -3.59. The highest BCUT2D eigenvalue weighted by Gasteiger charge is 2.25. The summed E-state index contributed by atoms with van der Waals surface area (Å²) in [6.07, 6.45) is 1.24. The number of carbonyl (C=O) groups excluding carboxylic acids is 1. The number of carbonyl (C=O) groups is 1. The Morgan fingerprint density at radius 3 is 2.45 bits per heavy atom. The molecule has 0 atom stereocenters. The van der Waals surface area contributed by atoms with E-state index in [2.05, 4.69) is 11.6 Å². The van der Waals surface area contributed by atoms with Gasteiger partial charge in [0.1, 0.15) is 11.6 Å². The van der Waals surface area contributed by atoms with Crippen molar-refractivity contribution in [3.63, 3.8) is 0 Å². The Labute approximate surface area is 167 Å². The standard InChI is InChI=1S/C20H20FN3O4S/c1-11(2)14-10-15-17(18(22)25)16(9-12-5-7-13(21)8-6-12)28-20(15)23-19(14)24(3)29(4,26)27/h5-8,10H,1,9H2,2-4H3,(H2,22,25). The van der Waals surface area contributed by atoms with Crippen LogP contribution in [-0.4, -0.2) is 32.6 Å². The van der Waals surface area contributed by atoms with Crippen molar-refractivity contribution in [1.29, 1.82) is 0 Å². The van der Waals surface area contributed by atoms with Crippen molar-refractivity contribution < 1.29 is 22.0 Å². The Kier molecular flexibility index (Phi) is 5.18. The first-order valence-electron chi connectivity index (χ1n) is 8.59. The molecule has 2 N–H and O–H groups in total. The van der Waals surface area contributed by atoms with Gasteiger partial charge in [-0.2, -0.15) is 4.98 Å². The van der Waals surface area contributed by atoms with Crippen molar-refractivity contribution in [1.82, 2.24) is 4.98 Å². The fourth-order valence-electron chi connectivity index (χ4n) is 2.96. The molecule has 7 nitrogen and oxygen atoms in total. The third kappa shape index (κ3) is 4.00. The molecule has 0 saturated heterocycles. The summed E-state index contributed by atoms with van der Waals surface area (Å²) in [5.74, 6) is -0.696. The summed E-state index contributed by atoms with van der Waals surface area (Å²) in [6.45, 7) is 5.57. The number of anilines is 1. The number of nitrogens with two attached hydrogens (primary N) is 1. The molecular formula is C20H20FN3O4S. The van der Waals surface area contributed by atoms with Crippen molar-refractivity contribution in [2.45, 2.75) is 13.3 Å². The number of pyridine rings is 1. The van der Waals surface area contributed by atoms with Crippen molar-refractivity contribution >= 4 is 38.4 Å². The predicted molar refractivity (Wildman–Crippen MR) is 110 cm³/mol. The molecule has 3 rings (SSSR count). The monoisotopic (exact) mass is 417 g/mol. The maximum Gasteiger partial charge on any atom is 0.252 e. The van der Waals surface area contributed by atoms with Crippen LogP contribution in [0.4, 0.5) is 10.2 Å². The number of hydrogen-bond donors (Lipinski definition) is 1. The number of benzene rings is 1. The summed E-state index contributed by atoms with van der Waals surface area (Å²) < 4.78 is 44.0. The first-order valence-corrected chi connectivity index (χ1v) is 10.4. The first-order chi connectivity index (χ1) is 13.5. The van der Waals surface area contributed by atoms with Crippen molar-refractivity contribution in [2.24, 2.45) is 5.73 Å². The van der Waals surface area contributed by atoms with Gasteiger partial charge in [0.2, 0.25) is 15.7 Å². The number of sulfonamides is 1. The van der Waals surface area contributed by atoms with Gasteiger partial charge in [-0.05, 0) is 36.3 Å². The van der Waals surface area contributed by atoms with Crippen molar-refractivity contribution in [2.75, 3.05) is 17.6 Å². The van der Waals surface area contributed by atoms with Gasteiger partial charge in [-0.1, -0.05) is 18.7 Å². The summed E-state index contributed by atoms with van der Waals surface area (Å²) in [4.78, 5) is 16.5. The van der Waals surface area contributed by atoms with Gasteiger partial charge in [0.05, 0.1) is 17.2 Å². The van der Waals surface area contributed by atoms with Crippen LogP contribution in [0.1, 0.15) is 34.2 Å². The number of amides is 1. The summed E-state index contributed by atoms with van der Waals surface area (Å²) in [7, 11) is -2.22. The van der Waals surface area contributed by atoms with E-state index in [1.54, 1.807) is 25.1 Å². The maximum absolute atomic E-state index is 13.2. The summed E-state index contributed by atoms with van der Waals surface area (Å²) >= 11 is 0. The summed E-state index contributed by atoms with van der Waals surface area (Å²) in [5.41, 5.74) is 7.52. The zero-order valence-corrected chi connectivity index (χ0v) is 17.0. The van der Waals surface area contributed by atoms with Gasteiger partial charge in [0.15, 0.2) is 5.82 Å². The van der Waals surface area contributed by atoms with Crippen LogP contribution >= 0.6 is 0 Å². The van der Waals surface area contributed by atoms with Crippen LogP contribution in [0.15, 0.2) is 41.3 Å². The van der Waals surface area contributed by atoms with Crippen LogP contribution in [0.3, 0.4) is 0 Å². The molecule has 0 unspecified atom stereocenters. The van der Waals surface area contributed by atoms with Gasteiger partial charge in [-0.25, -0.2) is 12.8 Å². The topological polar surface area (TPSA) is 106 Å². The number of primary amides is 1. The largest absolute Gasteiger partial charge is 0.441 e. The first kappa shape index (κ1) is 20.5. The van der Waals surface area contributed by atoms with Crippen molar-refractivity contribution in [3.8, 4) is 0 Å². The highest BCUT2D eigenvalue weighted by Crippen LogP contribution is 2.34. The van der Waals surface area contributed by atoms with E-state index < -0.39 is 15.9 Å². The molecule has 3 aromatic rings. The molecule has 9 heteroatoms. The smallest absolute Gasteiger partial charge is 0.252 e.